The van der Waals surface area contributed by atoms with E-state index in [0.717, 1.165) is 24.1 Å². The molecule has 32 heavy (non-hydrogen) atoms. The summed E-state index contributed by atoms with van der Waals surface area (Å²) in [6.45, 7) is 4.73. The number of esters is 1. The molecule has 0 saturated carbocycles. The fraction of sp³-hybridized carbons (Fsp3) is 0.571. The van der Waals surface area contributed by atoms with Gasteiger partial charge in [0.05, 0.1) is 18.8 Å². The van der Waals surface area contributed by atoms with Crippen LogP contribution in [0.25, 0.3) is 0 Å². The summed E-state index contributed by atoms with van der Waals surface area (Å²) in [6.07, 6.45) is -6.57. The Morgan fingerprint density at radius 3 is 2.28 bits per heavy atom. The molecule has 2 N–H and O–H groups in total. The van der Waals surface area contributed by atoms with Gasteiger partial charge in [0.2, 0.25) is 5.91 Å². The summed E-state index contributed by atoms with van der Waals surface area (Å²) < 4.78 is 48.4. The number of benzene rings is 1. The van der Waals surface area contributed by atoms with Crippen molar-refractivity contribution in [1.29, 1.82) is 0 Å². The summed E-state index contributed by atoms with van der Waals surface area (Å²) in [6, 6.07) is 1.87. The first-order valence-corrected chi connectivity index (χ1v) is 9.93. The maximum absolute atomic E-state index is 13.2. The number of ether oxygens (including phenoxy) is 2. The number of amides is 2. The Morgan fingerprint density at radius 1 is 1.19 bits per heavy atom. The third kappa shape index (κ3) is 6.84. The number of aliphatic hydroxyl groups is 1. The van der Waals surface area contributed by atoms with Crippen molar-refractivity contribution in [2.24, 2.45) is 0 Å². The first kappa shape index (κ1) is 25.4. The highest BCUT2D eigenvalue weighted by molar-refractivity contribution is 5.90. The van der Waals surface area contributed by atoms with E-state index in [-0.39, 0.29) is 19.4 Å². The average molecular weight is 460 g/mol. The lowest BCUT2D eigenvalue weighted by molar-refractivity contribution is -0.151. The number of hydrogen-bond donors (Lipinski definition) is 2. The Hall–Kier alpha value is -2.82. The molecule has 1 heterocycles. The number of carbonyl (C=O) groups excluding carboxylic acids is 3. The molecule has 178 valence electrons. The molecule has 0 aliphatic carbocycles. The molecule has 1 aromatic carbocycles. The predicted octanol–water partition coefficient (Wildman–Crippen LogP) is 2.28. The van der Waals surface area contributed by atoms with E-state index >= 15 is 0 Å². The molecular weight excluding hydrogens is 433 g/mol. The van der Waals surface area contributed by atoms with Crippen molar-refractivity contribution in [3.05, 3.63) is 35.4 Å². The number of nitrogens with one attached hydrogen (secondary N) is 1. The minimum atomic E-state index is -4.51. The van der Waals surface area contributed by atoms with Crippen LogP contribution >= 0.6 is 0 Å². The van der Waals surface area contributed by atoms with E-state index in [4.69, 9.17) is 9.47 Å². The van der Waals surface area contributed by atoms with Gasteiger partial charge in [-0.05, 0) is 38.5 Å². The van der Waals surface area contributed by atoms with Gasteiger partial charge in [-0.2, -0.15) is 13.2 Å². The molecule has 1 aliphatic heterocycles. The van der Waals surface area contributed by atoms with Crippen LogP contribution in [0, 0.1) is 0 Å². The van der Waals surface area contributed by atoms with Crippen LogP contribution in [0.2, 0.25) is 0 Å². The number of carbonyl (C=O) groups is 3. The van der Waals surface area contributed by atoms with Crippen LogP contribution in [0.15, 0.2) is 24.3 Å². The SMILES string of the molecule is COC(=O)[C@@H]1C[C@@H](O)CN1C(=O)[C@@H](Cc1ccc(C(F)(F)F)cc1)NC(=O)OC(C)(C)C. The smallest absolute Gasteiger partial charge is 0.416 e. The average Bonchev–Trinajstić information content (AvgIpc) is 3.06. The van der Waals surface area contributed by atoms with Crippen LogP contribution in [-0.2, 0) is 31.7 Å². The van der Waals surface area contributed by atoms with Crippen molar-refractivity contribution >= 4 is 18.0 Å². The number of hydrogen-bond acceptors (Lipinski definition) is 6. The molecule has 1 fully saturated rings. The van der Waals surface area contributed by atoms with Gasteiger partial charge in [0.1, 0.15) is 17.7 Å². The molecule has 0 unspecified atom stereocenters. The third-order valence-electron chi connectivity index (χ3n) is 4.75. The molecule has 8 nitrogen and oxygen atoms in total. The molecule has 2 rings (SSSR count). The first-order valence-electron chi connectivity index (χ1n) is 9.93. The maximum Gasteiger partial charge on any atom is 0.416 e. The van der Waals surface area contributed by atoms with Gasteiger partial charge >= 0.3 is 18.2 Å². The summed E-state index contributed by atoms with van der Waals surface area (Å²) in [7, 11) is 1.15. The number of nitrogens with zero attached hydrogens (tertiary/aromatic N) is 1. The summed E-state index contributed by atoms with van der Waals surface area (Å²) >= 11 is 0. The van der Waals surface area contributed by atoms with Gasteiger partial charge in [-0.1, -0.05) is 12.1 Å². The topological polar surface area (TPSA) is 105 Å². The molecule has 1 saturated heterocycles. The van der Waals surface area contributed by atoms with Gasteiger partial charge in [0, 0.05) is 19.4 Å². The largest absolute Gasteiger partial charge is 0.467 e. The summed E-state index contributed by atoms with van der Waals surface area (Å²) in [5.41, 5.74) is -1.36. The number of alkyl carbamates (subject to hydrolysis) is 1. The number of likely N-dealkylation sites (tertiary alicyclic amines) is 1. The van der Waals surface area contributed by atoms with Crippen molar-refractivity contribution < 1.29 is 42.1 Å². The van der Waals surface area contributed by atoms with Crippen molar-refractivity contribution in [2.45, 2.75) is 63.6 Å². The molecular formula is C21H27F3N2O6. The van der Waals surface area contributed by atoms with Crippen LogP contribution in [0.4, 0.5) is 18.0 Å². The molecule has 3 atom stereocenters. The van der Waals surface area contributed by atoms with E-state index in [1.54, 1.807) is 20.8 Å². The quantitative estimate of drug-likeness (QED) is 0.654. The zero-order valence-electron chi connectivity index (χ0n) is 18.2. The van der Waals surface area contributed by atoms with E-state index in [2.05, 4.69) is 5.32 Å². The zero-order valence-corrected chi connectivity index (χ0v) is 18.2. The van der Waals surface area contributed by atoms with E-state index in [1.165, 1.54) is 12.1 Å². The Bertz CT molecular complexity index is 835. The highest BCUT2D eigenvalue weighted by atomic mass is 19.4. The minimum absolute atomic E-state index is 0.0299. The molecule has 0 spiro atoms. The number of aliphatic hydroxyl groups excluding tert-OH is 1. The van der Waals surface area contributed by atoms with Gasteiger partial charge in [-0.25, -0.2) is 9.59 Å². The lowest BCUT2D eigenvalue weighted by atomic mass is 10.0. The third-order valence-corrected chi connectivity index (χ3v) is 4.75. The Labute approximate surface area is 183 Å². The molecule has 1 aliphatic rings. The summed E-state index contributed by atoms with van der Waals surface area (Å²) in [5.74, 6) is -1.41. The summed E-state index contributed by atoms with van der Waals surface area (Å²) in [4.78, 5) is 38.7. The second kappa shape index (κ2) is 9.76. The summed E-state index contributed by atoms with van der Waals surface area (Å²) in [5, 5.41) is 12.4. The van der Waals surface area contributed by atoms with Crippen molar-refractivity contribution in [3.8, 4) is 0 Å². The van der Waals surface area contributed by atoms with Crippen LogP contribution in [-0.4, -0.2) is 65.4 Å². The molecule has 0 bridgehead atoms. The second-order valence-electron chi connectivity index (χ2n) is 8.52. The Balaban J connectivity index is 2.28. The lowest BCUT2D eigenvalue weighted by Crippen LogP contribution is -2.53. The van der Waals surface area contributed by atoms with Crippen LogP contribution in [0.1, 0.15) is 38.3 Å². The predicted molar refractivity (Wildman–Crippen MR) is 106 cm³/mol. The van der Waals surface area contributed by atoms with Gasteiger partial charge in [-0.15, -0.1) is 0 Å². The number of halogens is 3. The fourth-order valence-corrected chi connectivity index (χ4v) is 3.33. The van der Waals surface area contributed by atoms with Gasteiger partial charge in [-0.3, -0.25) is 4.79 Å². The molecule has 0 aromatic heterocycles. The molecule has 2 amide bonds. The van der Waals surface area contributed by atoms with Gasteiger partial charge in [0.25, 0.3) is 0 Å². The van der Waals surface area contributed by atoms with E-state index < -0.39 is 53.5 Å². The highest BCUT2D eigenvalue weighted by Crippen LogP contribution is 2.29. The Morgan fingerprint density at radius 2 is 1.78 bits per heavy atom. The fourth-order valence-electron chi connectivity index (χ4n) is 3.33. The number of rotatable bonds is 5. The van der Waals surface area contributed by atoms with Crippen molar-refractivity contribution in [1.82, 2.24) is 10.2 Å². The molecule has 1 aromatic rings. The van der Waals surface area contributed by atoms with Gasteiger partial charge < -0.3 is 24.8 Å². The number of alkyl halides is 3. The first-order chi connectivity index (χ1) is 14.7. The van der Waals surface area contributed by atoms with Gasteiger partial charge in [0.15, 0.2) is 0 Å². The number of methoxy groups -OCH3 is 1. The highest BCUT2D eigenvalue weighted by Gasteiger charge is 2.42. The Kier molecular flexibility index (Phi) is 7.76. The monoisotopic (exact) mass is 460 g/mol. The zero-order chi connectivity index (χ0) is 24.3. The van der Waals surface area contributed by atoms with Crippen molar-refractivity contribution in [2.75, 3.05) is 13.7 Å². The standard InChI is InChI=1S/C21H27F3N2O6/c1-20(2,3)32-19(30)25-15(9-12-5-7-13(8-6-12)21(22,23)24)17(28)26-11-14(27)10-16(26)18(29)31-4/h5-8,14-16,27H,9-11H2,1-4H3,(H,25,30)/t14-,15-,16+/m1/s1. The maximum atomic E-state index is 13.2. The lowest BCUT2D eigenvalue weighted by Gasteiger charge is -2.29. The number of β-amino-alcohol motifs (C(OH)–C–C–N with tert-alkyl or cyclic N) is 1. The minimum Gasteiger partial charge on any atom is -0.467 e. The van der Waals surface area contributed by atoms with Crippen LogP contribution in [0.3, 0.4) is 0 Å². The molecule has 0 radical (unpaired) electrons. The molecule has 11 heteroatoms. The van der Waals surface area contributed by atoms with Crippen LogP contribution in [0.5, 0.6) is 0 Å². The van der Waals surface area contributed by atoms with Crippen molar-refractivity contribution in [3.63, 3.8) is 0 Å². The van der Waals surface area contributed by atoms with E-state index in [9.17, 15) is 32.7 Å². The van der Waals surface area contributed by atoms with Crippen LogP contribution < -0.4 is 5.32 Å². The van der Waals surface area contributed by atoms with E-state index in [0.29, 0.717) is 5.56 Å². The van der Waals surface area contributed by atoms with E-state index in [1.807, 2.05) is 0 Å². The second-order valence-corrected chi connectivity index (χ2v) is 8.52. The normalized spacial score (nSPS) is 19.9.